The van der Waals surface area contributed by atoms with E-state index in [-0.39, 0.29) is 48.7 Å². The minimum Gasteiger partial charge on any atom is -0.508 e. The Hall–Kier alpha value is -3.46. The number of amides is 1. The van der Waals surface area contributed by atoms with Crippen LogP contribution in [0.25, 0.3) is 0 Å². The Kier molecular flexibility index (Phi) is 8.98. The molecule has 0 fully saturated rings. The van der Waals surface area contributed by atoms with Gasteiger partial charge < -0.3 is 31.1 Å². The van der Waals surface area contributed by atoms with Gasteiger partial charge in [-0.2, -0.15) is 0 Å². The molecule has 1 unspecified atom stereocenters. The summed E-state index contributed by atoms with van der Waals surface area (Å²) in [5, 5.41) is 45.1. The molecule has 3 rings (SSSR count). The molecule has 0 aliphatic rings. The molecule has 180 valence electrons. The van der Waals surface area contributed by atoms with Crippen molar-refractivity contribution in [2.24, 2.45) is 0 Å². The number of carbonyl (C=O) groups is 1. The highest BCUT2D eigenvalue weighted by atomic mass is 16.3. The van der Waals surface area contributed by atoms with Crippen LogP contribution in [0.1, 0.15) is 41.1 Å². The van der Waals surface area contributed by atoms with Crippen LogP contribution >= 0.6 is 0 Å². The molecule has 0 spiro atoms. The summed E-state index contributed by atoms with van der Waals surface area (Å²) in [7, 11) is 0. The highest BCUT2D eigenvalue weighted by Crippen LogP contribution is 2.19. The molecular weight excluding hydrogens is 434 g/mol. The fraction of sp³-hybridized carbons (Fsp3) is 0.308. The van der Waals surface area contributed by atoms with Crippen LogP contribution in [0, 0.1) is 0 Å². The van der Waals surface area contributed by atoms with E-state index in [9.17, 15) is 25.2 Å². The fourth-order valence-electron chi connectivity index (χ4n) is 3.62. The van der Waals surface area contributed by atoms with Gasteiger partial charge in [0, 0.05) is 24.7 Å². The SMILES string of the molecule is CC(Cc1cccc(CC(=O)NCc2ccccc2O)c1)NC[C@@H](O)c1ccc(O)c(CO)n1. The first kappa shape index (κ1) is 25.2. The van der Waals surface area contributed by atoms with Crippen LogP contribution in [-0.2, 0) is 30.8 Å². The molecule has 2 aromatic carbocycles. The van der Waals surface area contributed by atoms with E-state index in [1.807, 2.05) is 37.3 Å². The second kappa shape index (κ2) is 12.1. The van der Waals surface area contributed by atoms with E-state index in [2.05, 4.69) is 15.6 Å². The zero-order valence-corrected chi connectivity index (χ0v) is 19.1. The molecule has 0 saturated carbocycles. The summed E-state index contributed by atoms with van der Waals surface area (Å²) in [6.07, 6.45) is 0.0551. The lowest BCUT2D eigenvalue weighted by atomic mass is 10.0. The quantitative estimate of drug-likeness (QED) is 0.255. The van der Waals surface area contributed by atoms with Gasteiger partial charge in [-0.1, -0.05) is 42.5 Å². The number of nitrogens with zero attached hydrogens (tertiary/aromatic N) is 1. The van der Waals surface area contributed by atoms with Crippen LogP contribution in [0.5, 0.6) is 11.5 Å². The van der Waals surface area contributed by atoms with Crippen LogP contribution in [0.4, 0.5) is 0 Å². The summed E-state index contributed by atoms with van der Waals surface area (Å²) in [5.74, 6) is -0.0728. The van der Waals surface area contributed by atoms with Crippen molar-refractivity contribution in [3.05, 3.63) is 88.7 Å². The van der Waals surface area contributed by atoms with Crippen molar-refractivity contribution in [2.45, 2.75) is 45.1 Å². The number of aliphatic hydroxyl groups is 2. The predicted octanol–water partition coefficient (Wildman–Crippen LogP) is 2.10. The second-order valence-electron chi connectivity index (χ2n) is 8.29. The molecule has 2 atom stereocenters. The third kappa shape index (κ3) is 7.28. The number of phenols is 1. The van der Waals surface area contributed by atoms with Crippen molar-refractivity contribution in [2.75, 3.05) is 6.54 Å². The predicted molar refractivity (Wildman–Crippen MR) is 128 cm³/mol. The summed E-state index contributed by atoms with van der Waals surface area (Å²) < 4.78 is 0. The van der Waals surface area contributed by atoms with Crippen molar-refractivity contribution >= 4 is 5.91 Å². The number of hydrogen-bond donors (Lipinski definition) is 6. The van der Waals surface area contributed by atoms with Crippen LogP contribution in [0.3, 0.4) is 0 Å². The number of carbonyl (C=O) groups excluding carboxylic acids is 1. The lowest BCUT2D eigenvalue weighted by molar-refractivity contribution is -0.120. The zero-order valence-electron chi connectivity index (χ0n) is 19.1. The van der Waals surface area contributed by atoms with Crippen molar-refractivity contribution in [3.8, 4) is 11.5 Å². The number of hydrogen-bond acceptors (Lipinski definition) is 7. The van der Waals surface area contributed by atoms with E-state index >= 15 is 0 Å². The summed E-state index contributed by atoms with van der Waals surface area (Å²) in [6, 6.07) is 17.7. The third-order valence-corrected chi connectivity index (χ3v) is 5.49. The topological polar surface area (TPSA) is 135 Å². The van der Waals surface area contributed by atoms with E-state index in [0.29, 0.717) is 17.7 Å². The molecular formula is C26H31N3O5. The van der Waals surface area contributed by atoms with Gasteiger partial charge in [0.1, 0.15) is 23.3 Å². The highest BCUT2D eigenvalue weighted by Gasteiger charge is 2.14. The van der Waals surface area contributed by atoms with E-state index in [0.717, 1.165) is 11.1 Å². The molecule has 6 N–H and O–H groups in total. The van der Waals surface area contributed by atoms with Gasteiger partial charge in [0.05, 0.1) is 18.7 Å². The largest absolute Gasteiger partial charge is 0.508 e. The molecule has 8 heteroatoms. The van der Waals surface area contributed by atoms with Crippen molar-refractivity contribution in [3.63, 3.8) is 0 Å². The molecule has 0 saturated heterocycles. The lowest BCUT2D eigenvalue weighted by Crippen LogP contribution is -2.32. The first-order valence-corrected chi connectivity index (χ1v) is 11.2. The molecule has 0 aliphatic carbocycles. The average Bonchev–Trinajstić information content (AvgIpc) is 2.82. The van der Waals surface area contributed by atoms with Gasteiger partial charge in [0.2, 0.25) is 5.91 Å². The van der Waals surface area contributed by atoms with Gasteiger partial charge in [-0.25, -0.2) is 4.98 Å². The Morgan fingerprint density at radius 1 is 1.00 bits per heavy atom. The number of phenolic OH excluding ortho intramolecular Hbond substituents is 1. The van der Waals surface area contributed by atoms with E-state index in [4.69, 9.17) is 0 Å². The minimum absolute atomic E-state index is 0.0502. The molecule has 0 radical (unpaired) electrons. The van der Waals surface area contributed by atoms with Gasteiger partial charge in [-0.15, -0.1) is 0 Å². The molecule has 1 amide bonds. The Morgan fingerprint density at radius 2 is 1.76 bits per heavy atom. The summed E-state index contributed by atoms with van der Waals surface area (Å²) in [4.78, 5) is 16.4. The third-order valence-electron chi connectivity index (χ3n) is 5.49. The summed E-state index contributed by atoms with van der Waals surface area (Å²) in [6.45, 7) is 2.13. The van der Waals surface area contributed by atoms with Crippen molar-refractivity contribution in [1.82, 2.24) is 15.6 Å². The van der Waals surface area contributed by atoms with Crippen LogP contribution in [0.2, 0.25) is 0 Å². The standard InChI is InChI=1S/C26H31N3O5/c1-17(27-15-25(33)21-9-10-24(32)22(16-30)29-21)11-18-5-4-6-19(12-18)13-26(34)28-14-20-7-2-3-8-23(20)31/h2-10,12,17,25,27,30-33H,11,13-16H2,1H3,(H,28,34)/t17?,25-/m1/s1. The number of para-hydroxylation sites is 1. The Balaban J connectivity index is 1.48. The monoisotopic (exact) mass is 465 g/mol. The maximum atomic E-state index is 12.3. The van der Waals surface area contributed by atoms with Gasteiger partial charge in [-0.3, -0.25) is 4.79 Å². The summed E-state index contributed by atoms with van der Waals surface area (Å²) >= 11 is 0. The second-order valence-corrected chi connectivity index (χ2v) is 8.29. The molecule has 8 nitrogen and oxygen atoms in total. The Morgan fingerprint density at radius 3 is 2.53 bits per heavy atom. The number of pyridine rings is 1. The molecule has 0 aliphatic heterocycles. The van der Waals surface area contributed by atoms with Crippen LogP contribution in [-0.4, -0.2) is 43.9 Å². The first-order valence-electron chi connectivity index (χ1n) is 11.2. The Labute approximate surface area is 198 Å². The molecule has 1 heterocycles. The smallest absolute Gasteiger partial charge is 0.224 e. The van der Waals surface area contributed by atoms with Crippen LogP contribution in [0.15, 0.2) is 60.7 Å². The van der Waals surface area contributed by atoms with Gasteiger partial charge in [0.15, 0.2) is 0 Å². The Bertz CT molecular complexity index is 1110. The van der Waals surface area contributed by atoms with Gasteiger partial charge >= 0.3 is 0 Å². The van der Waals surface area contributed by atoms with E-state index < -0.39 is 12.7 Å². The number of aliphatic hydroxyl groups excluding tert-OH is 2. The maximum absolute atomic E-state index is 12.3. The van der Waals surface area contributed by atoms with Crippen LogP contribution < -0.4 is 10.6 Å². The normalized spacial score (nSPS) is 12.8. The van der Waals surface area contributed by atoms with Crippen molar-refractivity contribution < 1.29 is 25.2 Å². The van der Waals surface area contributed by atoms with Gasteiger partial charge in [-0.05, 0) is 42.7 Å². The summed E-state index contributed by atoms with van der Waals surface area (Å²) in [5.41, 5.74) is 3.13. The highest BCUT2D eigenvalue weighted by molar-refractivity contribution is 5.78. The zero-order chi connectivity index (χ0) is 24.5. The molecule has 1 aromatic heterocycles. The minimum atomic E-state index is -0.882. The number of nitrogens with one attached hydrogen (secondary N) is 2. The number of benzene rings is 2. The lowest BCUT2D eigenvalue weighted by Gasteiger charge is -2.18. The maximum Gasteiger partial charge on any atom is 0.224 e. The van der Waals surface area contributed by atoms with E-state index in [1.54, 1.807) is 18.2 Å². The average molecular weight is 466 g/mol. The van der Waals surface area contributed by atoms with Crippen molar-refractivity contribution in [1.29, 1.82) is 0 Å². The number of rotatable bonds is 11. The first-order chi connectivity index (χ1) is 16.4. The molecule has 0 bridgehead atoms. The fourth-order valence-corrected chi connectivity index (χ4v) is 3.62. The van der Waals surface area contributed by atoms with E-state index in [1.165, 1.54) is 12.1 Å². The number of aromatic hydroxyl groups is 2. The number of aromatic nitrogens is 1. The van der Waals surface area contributed by atoms with Gasteiger partial charge in [0.25, 0.3) is 0 Å². The molecule has 3 aromatic rings. The molecule has 34 heavy (non-hydrogen) atoms.